The van der Waals surface area contributed by atoms with Crippen LogP contribution in [0.1, 0.15) is 84.6 Å². The van der Waals surface area contributed by atoms with Crippen molar-refractivity contribution in [2.24, 2.45) is 11.8 Å². The molecule has 0 saturated heterocycles. The number of hydrogen-bond acceptors (Lipinski definition) is 2. The summed E-state index contributed by atoms with van der Waals surface area (Å²) in [5.41, 5.74) is 1.10. The summed E-state index contributed by atoms with van der Waals surface area (Å²) in [7, 11) is 0. The van der Waals surface area contributed by atoms with E-state index in [4.69, 9.17) is 4.74 Å². The van der Waals surface area contributed by atoms with Gasteiger partial charge in [-0.15, -0.1) is 0 Å². The van der Waals surface area contributed by atoms with Crippen molar-refractivity contribution in [3.63, 3.8) is 0 Å². The lowest BCUT2D eigenvalue weighted by Crippen LogP contribution is -2.39. The SMILES string of the molecule is CCCC(CCC)CN(CC(CCC)CCC)C(=O)OCc1c2ccccc2cc2ccccc12. The van der Waals surface area contributed by atoms with Crippen LogP contribution in [0.25, 0.3) is 21.5 Å². The summed E-state index contributed by atoms with van der Waals surface area (Å²) in [5.74, 6) is 1.08. The molecule has 0 spiro atoms. The molecule has 0 aliphatic heterocycles. The molecule has 0 heterocycles. The molecule has 35 heavy (non-hydrogen) atoms. The number of hydrogen-bond donors (Lipinski definition) is 0. The van der Waals surface area contributed by atoms with Gasteiger partial charge in [0, 0.05) is 18.7 Å². The molecule has 0 aliphatic rings. The summed E-state index contributed by atoms with van der Waals surface area (Å²) < 4.78 is 6.11. The topological polar surface area (TPSA) is 29.5 Å². The van der Waals surface area contributed by atoms with Crippen LogP contribution in [0.2, 0.25) is 0 Å². The van der Waals surface area contributed by atoms with Gasteiger partial charge in [-0.05, 0) is 65.1 Å². The first kappa shape index (κ1) is 27.0. The van der Waals surface area contributed by atoms with Crippen LogP contribution in [0.5, 0.6) is 0 Å². The molecular formula is C32H45NO2. The molecule has 3 aromatic carbocycles. The van der Waals surface area contributed by atoms with E-state index in [1.54, 1.807) is 0 Å². The highest BCUT2D eigenvalue weighted by Gasteiger charge is 2.23. The summed E-state index contributed by atoms with van der Waals surface area (Å²) in [6.45, 7) is 10.9. The Morgan fingerprint density at radius 1 is 0.714 bits per heavy atom. The van der Waals surface area contributed by atoms with Crippen LogP contribution in [0.15, 0.2) is 54.6 Å². The Labute approximate surface area is 212 Å². The Morgan fingerprint density at radius 3 is 1.57 bits per heavy atom. The number of carbonyl (C=O) groups is 1. The first-order valence-electron chi connectivity index (χ1n) is 13.9. The van der Waals surface area contributed by atoms with Crippen molar-refractivity contribution in [3.05, 3.63) is 60.2 Å². The van der Waals surface area contributed by atoms with Gasteiger partial charge in [0.05, 0.1) is 0 Å². The standard InChI is InChI=1S/C32H45NO2/c1-5-13-25(14-6-2)22-33(23-26(15-7-3)16-8-4)32(34)35-24-31-29-19-11-9-17-27(29)21-28-18-10-12-20-30(28)31/h9-12,17-21,25-26H,5-8,13-16,22-24H2,1-4H3. The van der Waals surface area contributed by atoms with Crippen LogP contribution < -0.4 is 0 Å². The molecule has 3 rings (SSSR count). The lowest BCUT2D eigenvalue weighted by molar-refractivity contribution is 0.0812. The molecule has 3 nitrogen and oxygen atoms in total. The Morgan fingerprint density at radius 2 is 1.14 bits per heavy atom. The molecule has 0 N–H and O–H groups in total. The first-order chi connectivity index (χ1) is 17.1. The fourth-order valence-electron chi connectivity index (χ4n) is 5.62. The zero-order valence-corrected chi connectivity index (χ0v) is 22.4. The molecule has 0 aromatic heterocycles. The largest absolute Gasteiger partial charge is 0.444 e. The minimum Gasteiger partial charge on any atom is -0.444 e. The van der Waals surface area contributed by atoms with Crippen LogP contribution in [-0.2, 0) is 11.3 Å². The third kappa shape index (κ3) is 7.46. The average Bonchev–Trinajstić information content (AvgIpc) is 2.86. The van der Waals surface area contributed by atoms with Gasteiger partial charge in [0.1, 0.15) is 6.61 Å². The van der Waals surface area contributed by atoms with Gasteiger partial charge in [0.15, 0.2) is 0 Å². The van der Waals surface area contributed by atoms with Gasteiger partial charge in [0.25, 0.3) is 0 Å². The molecule has 3 aromatic rings. The second kappa shape index (κ2) is 14.1. The van der Waals surface area contributed by atoms with Crippen molar-refractivity contribution < 1.29 is 9.53 Å². The Hall–Kier alpha value is -2.55. The fraction of sp³-hybridized carbons (Fsp3) is 0.531. The van der Waals surface area contributed by atoms with E-state index in [2.05, 4.69) is 82.3 Å². The number of rotatable bonds is 14. The van der Waals surface area contributed by atoms with Crippen LogP contribution in [0, 0.1) is 11.8 Å². The normalized spacial score (nSPS) is 11.6. The predicted molar refractivity (Wildman–Crippen MR) is 150 cm³/mol. The first-order valence-corrected chi connectivity index (χ1v) is 13.9. The van der Waals surface area contributed by atoms with Gasteiger partial charge in [-0.3, -0.25) is 0 Å². The highest BCUT2D eigenvalue weighted by atomic mass is 16.6. The molecule has 0 fully saturated rings. The maximum Gasteiger partial charge on any atom is 0.410 e. The molecule has 0 saturated carbocycles. The molecule has 0 unspecified atom stereocenters. The summed E-state index contributed by atoms with van der Waals surface area (Å²) in [4.78, 5) is 15.6. The second-order valence-corrected chi connectivity index (χ2v) is 10.1. The minimum absolute atomic E-state index is 0.156. The number of fused-ring (bicyclic) bond motifs is 2. The molecule has 1 amide bonds. The Balaban J connectivity index is 1.85. The van der Waals surface area contributed by atoms with E-state index in [9.17, 15) is 4.79 Å². The Kier molecular flexibility index (Phi) is 10.9. The van der Waals surface area contributed by atoms with E-state index in [1.807, 2.05) is 4.90 Å². The molecule has 0 aliphatic carbocycles. The monoisotopic (exact) mass is 475 g/mol. The molecular weight excluding hydrogens is 430 g/mol. The van der Waals surface area contributed by atoms with Crippen LogP contribution in [0.3, 0.4) is 0 Å². The Bertz CT molecular complexity index is 976. The van der Waals surface area contributed by atoms with Gasteiger partial charge >= 0.3 is 6.09 Å². The number of ether oxygens (including phenoxy) is 1. The van der Waals surface area contributed by atoms with E-state index in [0.29, 0.717) is 18.4 Å². The van der Waals surface area contributed by atoms with Gasteiger partial charge < -0.3 is 9.64 Å². The van der Waals surface area contributed by atoms with Gasteiger partial charge in [-0.2, -0.15) is 0 Å². The van der Waals surface area contributed by atoms with Crippen molar-refractivity contribution in [3.8, 4) is 0 Å². The van der Waals surface area contributed by atoms with Crippen molar-refractivity contribution in [1.82, 2.24) is 4.90 Å². The van der Waals surface area contributed by atoms with E-state index in [1.165, 1.54) is 10.8 Å². The third-order valence-corrected chi connectivity index (χ3v) is 7.23. The van der Waals surface area contributed by atoms with E-state index in [0.717, 1.165) is 80.8 Å². The van der Waals surface area contributed by atoms with Crippen molar-refractivity contribution >= 4 is 27.6 Å². The number of amides is 1. The van der Waals surface area contributed by atoms with Crippen LogP contribution >= 0.6 is 0 Å². The van der Waals surface area contributed by atoms with Gasteiger partial charge in [-0.1, -0.05) is 102 Å². The number of carbonyl (C=O) groups excluding carboxylic acids is 1. The third-order valence-electron chi connectivity index (χ3n) is 7.23. The lowest BCUT2D eigenvalue weighted by atomic mass is 9.95. The van der Waals surface area contributed by atoms with E-state index >= 15 is 0 Å². The zero-order chi connectivity index (χ0) is 25.0. The van der Waals surface area contributed by atoms with Crippen molar-refractivity contribution in [1.29, 1.82) is 0 Å². The fourth-order valence-corrected chi connectivity index (χ4v) is 5.62. The predicted octanol–water partition coefficient (Wildman–Crippen LogP) is 9.36. The number of benzene rings is 3. The molecule has 190 valence electrons. The highest BCUT2D eigenvalue weighted by molar-refractivity contribution is 6.02. The van der Waals surface area contributed by atoms with Crippen molar-refractivity contribution in [2.75, 3.05) is 13.1 Å². The minimum atomic E-state index is -0.156. The maximum absolute atomic E-state index is 13.6. The number of nitrogens with zero attached hydrogens (tertiary/aromatic N) is 1. The lowest BCUT2D eigenvalue weighted by Gasteiger charge is -2.30. The van der Waals surface area contributed by atoms with Gasteiger partial charge in [0.2, 0.25) is 0 Å². The maximum atomic E-state index is 13.6. The quantitative estimate of drug-likeness (QED) is 0.217. The average molecular weight is 476 g/mol. The van der Waals surface area contributed by atoms with Crippen LogP contribution in [0.4, 0.5) is 4.79 Å². The summed E-state index contributed by atoms with van der Waals surface area (Å²) in [6, 6.07) is 19.0. The summed E-state index contributed by atoms with van der Waals surface area (Å²) in [6.07, 6.45) is 9.12. The second-order valence-electron chi connectivity index (χ2n) is 10.1. The molecule has 0 bridgehead atoms. The van der Waals surface area contributed by atoms with Gasteiger partial charge in [-0.25, -0.2) is 4.79 Å². The van der Waals surface area contributed by atoms with E-state index < -0.39 is 0 Å². The molecule has 0 radical (unpaired) electrons. The van der Waals surface area contributed by atoms with Crippen LogP contribution in [-0.4, -0.2) is 24.1 Å². The highest BCUT2D eigenvalue weighted by Crippen LogP contribution is 2.29. The molecule has 0 atom stereocenters. The summed E-state index contributed by atoms with van der Waals surface area (Å²) in [5, 5.41) is 4.70. The zero-order valence-electron chi connectivity index (χ0n) is 22.4. The molecule has 3 heteroatoms. The smallest absolute Gasteiger partial charge is 0.410 e. The van der Waals surface area contributed by atoms with Crippen molar-refractivity contribution in [2.45, 2.75) is 85.7 Å². The van der Waals surface area contributed by atoms with E-state index in [-0.39, 0.29) is 6.09 Å². The summed E-state index contributed by atoms with van der Waals surface area (Å²) >= 11 is 0.